The Hall–Kier alpha value is -3.81. The zero-order valence-corrected chi connectivity index (χ0v) is 21.1. The van der Waals surface area contributed by atoms with Crippen molar-refractivity contribution in [3.63, 3.8) is 0 Å². The number of fused-ring (bicyclic) bond motifs is 1. The maximum atomic E-state index is 13.5. The van der Waals surface area contributed by atoms with E-state index >= 15 is 0 Å². The van der Waals surface area contributed by atoms with Gasteiger partial charge in [0.25, 0.3) is 5.91 Å². The lowest BCUT2D eigenvalue weighted by Gasteiger charge is -2.29. The molecule has 1 atom stereocenters. The molecule has 3 aromatic carbocycles. The molecular weight excluding hydrogens is 497 g/mol. The van der Waals surface area contributed by atoms with Crippen LogP contribution >= 0.6 is 23.2 Å². The molecule has 0 saturated carbocycles. The summed E-state index contributed by atoms with van der Waals surface area (Å²) in [5.41, 5.74) is 4.71. The molecule has 9 heteroatoms. The number of amides is 1. The molecule has 2 heterocycles. The first-order valence-corrected chi connectivity index (χ1v) is 12.1. The second-order valence-corrected chi connectivity index (χ2v) is 9.36. The molecule has 2 N–H and O–H groups in total. The van der Waals surface area contributed by atoms with Gasteiger partial charge in [0, 0.05) is 27.0 Å². The van der Waals surface area contributed by atoms with Crippen LogP contribution in [0.1, 0.15) is 29.7 Å². The molecule has 5 rings (SSSR count). The highest BCUT2D eigenvalue weighted by atomic mass is 35.5. The second-order valence-electron chi connectivity index (χ2n) is 8.51. The van der Waals surface area contributed by atoms with E-state index in [-0.39, 0.29) is 12.5 Å². The van der Waals surface area contributed by atoms with Crippen molar-refractivity contribution in [2.45, 2.75) is 26.5 Å². The number of ether oxygens (including phenoxy) is 1. The maximum absolute atomic E-state index is 13.5. The summed E-state index contributed by atoms with van der Waals surface area (Å²) in [6.45, 7) is 4.13. The minimum Gasteiger partial charge on any atom is -0.489 e. The number of hydrogen-bond acceptors (Lipinski definition) is 5. The monoisotopic (exact) mass is 519 g/mol. The Kier molecular flexibility index (Phi) is 6.67. The van der Waals surface area contributed by atoms with Gasteiger partial charge >= 0.3 is 0 Å². The van der Waals surface area contributed by atoms with Crippen LogP contribution in [-0.2, 0) is 11.4 Å². The van der Waals surface area contributed by atoms with E-state index in [0.717, 1.165) is 16.7 Å². The van der Waals surface area contributed by atoms with E-state index in [1.807, 2.05) is 68.4 Å². The first-order chi connectivity index (χ1) is 17.4. The van der Waals surface area contributed by atoms with E-state index in [0.29, 0.717) is 38.7 Å². The summed E-state index contributed by atoms with van der Waals surface area (Å²) in [5.74, 6) is 0.965. The average Bonchev–Trinajstić information content (AvgIpc) is 3.32. The van der Waals surface area contributed by atoms with Gasteiger partial charge in [-0.2, -0.15) is 10.1 Å². The summed E-state index contributed by atoms with van der Waals surface area (Å²) in [6, 6.07) is 20.1. The molecule has 36 heavy (non-hydrogen) atoms. The topological polar surface area (TPSA) is 81.1 Å². The molecule has 0 bridgehead atoms. The van der Waals surface area contributed by atoms with Crippen LogP contribution in [0.3, 0.4) is 0 Å². The van der Waals surface area contributed by atoms with Crippen LogP contribution in [0.15, 0.2) is 84.3 Å². The molecule has 1 amide bonds. The van der Waals surface area contributed by atoms with E-state index in [4.69, 9.17) is 27.9 Å². The number of nitrogens with one attached hydrogen (secondary N) is 2. The Morgan fingerprint density at radius 1 is 1.08 bits per heavy atom. The highest BCUT2D eigenvalue weighted by Crippen LogP contribution is 2.36. The van der Waals surface area contributed by atoms with Gasteiger partial charge < -0.3 is 15.4 Å². The second kappa shape index (κ2) is 10.0. The largest absolute Gasteiger partial charge is 0.489 e. The van der Waals surface area contributed by atoms with Crippen molar-refractivity contribution >= 4 is 40.7 Å². The zero-order valence-electron chi connectivity index (χ0n) is 19.6. The number of carbonyl (C=O) groups excluding carboxylic acids is 1. The number of nitrogens with zero attached hydrogens (tertiary/aromatic N) is 3. The third kappa shape index (κ3) is 4.94. The number of rotatable bonds is 6. The fraction of sp³-hybridized carbons (Fsp3) is 0.148. The molecule has 0 aliphatic carbocycles. The number of allylic oxidation sites excluding steroid dienone is 1. The summed E-state index contributed by atoms with van der Waals surface area (Å²) >= 11 is 12.3. The normalized spacial score (nSPS) is 14.7. The predicted molar refractivity (Wildman–Crippen MR) is 142 cm³/mol. The SMILES string of the molecule is CC1=C(C(=O)Nc2ccc(C)cc2)C(c2cccc(OCc3ccc(Cl)cc3Cl)c2)n2ncnc2N1. The summed E-state index contributed by atoms with van der Waals surface area (Å²) < 4.78 is 7.74. The van der Waals surface area contributed by atoms with Crippen LogP contribution in [0, 0.1) is 6.92 Å². The highest BCUT2D eigenvalue weighted by molar-refractivity contribution is 6.35. The number of halogens is 2. The lowest BCUT2D eigenvalue weighted by Crippen LogP contribution is -2.31. The number of benzene rings is 3. The summed E-state index contributed by atoms with van der Waals surface area (Å²) in [6.07, 6.45) is 1.46. The fourth-order valence-electron chi connectivity index (χ4n) is 4.10. The number of aromatic nitrogens is 3. The molecular formula is C27H23Cl2N5O2. The van der Waals surface area contributed by atoms with Crippen molar-refractivity contribution in [3.05, 3.63) is 111 Å². The third-order valence-electron chi connectivity index (χ3n) is 5.93. The molecule has 0 radical (unpaired) electrons. The van der Waals surface area contributed by atoms with Gasteiger partial charge in [0.1, 0.15) is 24.7 Å². The van der Waals surface area contributed by atoms with Gasteiger partial charge in [0.15, 0.2) is 0 Å². The summed E-state index contributed by atoms with van der Waals surface area (Å²) in [7, 11) is 0. The minimum atomic E-state index is -0.503. The van der Waals surface area contributed by atoms with Crippen molar-refractivity contribution in [2.75, 3.05) is 10.6 Å². The van der Waals surface area contributed by atoms with Gasteiger partial charge in [-0.05, 0) is 55.8 Å². The van der Waals surface area contributed by atoms with Crippen LogP contribution < -0.4 is 15.4 Å². The molecule has 182 valence electrons. The zero-order chi connectivity index (χ0) is 25.2. The molecule has 0 fully saturated rings. The lowest BCUT2D eigenvalue weighted by molar-refractivity contribution is -0.113. The lowest BCUT2D eigenvalue weighted by atomic mass is 9.94. The first-order valence-electron chi connectivity index (χ1n) is 11.3. The van der Waals surface area contributed by atoms with Crippen LogP contribution in [0.5, 0.6) is 5.75 Å². The van der Waals surface area contributed by atoms with E-state index in [1.54, 1.807) is 16.8 Å². The number of anilines is 2. The third-order valence-corrected chi connectivity index (χ3v) is 6.52. The van der Waals surface area contributed by atoms with Gasteiger partial charge in [-0.25, -0.2) is 4.68 Å². The van der Waals surface area contributed by atoms with E-state index in [1.165, 1.54) is 6.33 Å². The van der Waals surface area contributed by atoms with Crippen molar-refractivity contribution in [1.29, 1.82) is 0 Å². The van der Waals surface area contributed by atoms with Crippen LogP contribution in [0.25, 0.3) is 0 Å². The molecule has 0 saturated heterocycles. The number of hydrogen-bond donors (Lipinski definition) is 2. The van der Waals surface area contributed by atoms with Crippen LogP contribution in [-0.4, -0.2) is 20.7 Å². The quantitative estimate of drug-likeness (QED) is 0.308. The smallest absolute Gasteiger partial charge is 0.255 e. The average molecular weight is 520 g/mol. The highest BCUT2D eigenvalue weighted by Gasteiger charge is 2.33. The molecule has 1 aliphatic rings. The maximum Gasteiger partial charge on any atom is 0.255 e. The Morgan fingerprint density at radius 3 is 2.67 bits per heavy atom. The predicted octanol–water partition coefficient (Wildman–Crippen LogP) is 6.40. The number of carbonyl (C=O) groups is 1. The molecule has 0 spiro atoms. The van der Waals surface area contributed by atoms with E-state index in [2.05, 4.69) is 20.7 Å². The Balaban J connectivity index is 1.45. The Labute approximate surface area is 218 Å². The van der Waals surface area contributed by atoms with Gasteiger partial charge in [-0.3, -0.25) is 4.79 Å². The Bertz CT molecular complexity index is 1460. The van der Waals surface area contributed by atoms with Crippen molar-refractivity contribution in [1.82, 2.24) is 14.8 Å². The summed E-state index contributed by atoms with van der Waals surface area (Å²) in [4.78, 5) is 17.8. The fourth-order valence-corrected chi connectivity index (χ4v) is 4.57. The van der Waals surface area contributed by atoms with Crippen molar-refractivity contribution in [3.8, 4) is 5.75 Å². The van der Waals surface area contributed by atoms with Gasteiger partial charge in [0.2, 0.25) is 5.95 Å². The molecule has 1 unspecified atom stereocenters. The van der Waals surface area contributed by atoms with Gasteiger partial charge in [-0.15, -0.1) is 0 Å². The van der Waals surface area contributed by atoms with Crippen LogP contribution in [0.4, 0.5) is 11.6 Å². The van der Waals surface area contributed by atoms with Crippen molar-refractivity contribution < 1.29 is 9.53 Å². The van der Waals surface area contributed by atoms with E-state index in [9.17, 15) is 4.79 Å². The Morgan fingerprint density at radius 2 is 1.89 bits per heavy atom. The molecule has 1 aliphatic heterocycles. The standard InChI is InChI=1S/C27H23Cl2N5O2/c1-16-6-10-21(11-7-16)33-26(35)24-17(2)32-27-30-15-31-34(27)25(24)18-4-3-5-22(12-18)36-14-19-8-9-20(28)13-23(19)29/h3-13,15,25H,14H2,1-2H3,(H,33,35)(H,30,31,32). The van der Waals surface area contributed by atoms with Gasteiger partial charge in [0.05, 0.1) is 5.57 Å². The molecule has 7 nitrogen and oxygen atoms in total. The first kappa shape index (κ1) is 23.9. The number of aryl methyl sites for hydroxylation is 1. The molecule has 4 aromatic rings. The summed E-state index contributed by atoms with van der Waals surface area (Å²) in [5, 5.41) is 11.7. The van der Waals surface area contributed by atoms with E-state index < -0.39 is 6.04 Å². The molecule has 1 aromatic heterocycles. The van der Waals surface area contributed by atoms with Gasteiger partial charge in [-0.1, -0.05) is 59.1 Å². The van der Waals surface area contributed by atoms with Crippen molar-refractivity contribution in [2.24, 2.45) is 0 Å². The minimum absolute atomic E-state index is 0.228. The van der Waals surface area contributed by atoms with Crippen LogP contribution in [0.2, 0.25) is 10.0 Å².